The first-order valence-electron chi connectivity index (χ1n) is 5.50. The van der Waals surface area contributed by atoms with Gasteiger partial charge in [-0.05, 0) is 13.3 Å². The van der Waals surface area contributed by atoms with Gasteiger partial charge < -0.3 is 11.1 Å². The molecule has 1 aromatic heterocycles. The third kappa shape index (κ3) is 1.51. The lowest BCUT2D eigenvalue weighted by Gasteiger charge is -2.08. The first-order chi connectivity index (χ1) is 7.75. The van der Waals surface area contributed by atoms with Crippen LogP contribution in [-0.4, -0.2) is 22.3 Å². The average Bonchev–Trinajstić information content (AvgIpc) is 2.99. The minimum atomic E-state index is 0.266. The number of hydrogen-bond acceptors (Lipinski definition) is 4. The van der Waals surface area contributed by atoms with E-state index in [1.165, 1.54) is 0 Å². The highest BCUT2D eigenvalue weighted by Crippen LogP contribution is 2.27. The fourth-order valence-electron chi connectivity index (χ4n) is 1.90. The number of nitrogens with zero attached hydrogens (tertiary/aromatic N) is 2. The number of nitrogens with two attached hydrogens (primary N) is 1. The van der Waals surface area contributed by atoms with Crippen molar-refractivity contribution >= 4 is 16.6 Å². The van der Waals surface area contributed by atoms with Gasteiger partial charge in [0, 0.05) is 22.9 Å². The van der Waals surface area contributed by atoms with Crippen LogP contribution in [-0.2, 0) is 0 Å². The number of aromatic nitrogens is 2. The largest absolute Gasteiger partial charge is 0.364 e. The van der Waals surface area contributed by atoms with Crippen molar-refractivity contribution in [2.75, 3.05) is 5.32 Å². The summed E-state index contributed by atoms with van der Waals surface area (Å²) in [6, 6.07) is 8.79. The SMILES string of the molecule is Cc1nnc(NC2CC2N)c2ccccc12. The fraction of sp³-hybridized carbons (Fsp3) is 0.333. The number of nitrogens with one attached hydrogen (secondary N) is 1. The smallest absolute Gasteiger partial charge is 0.156 e. The molecule has 1 fully saturated rings. The Bertz CT molecular complexity index is 538. The van der Waals surface area contributed by atoms with E-state index in [4.69, 9.17) is 5.73 Å². The second-order valence-electron chi connectivity index (χ2n) is 4.33. The van der Waals surface area contributed by atoms with E-state index in [1.54, 1.807) is 0 Å². The summed E-state index contributed by atoms with van der Waals surface area (Å²) in [5, 5.41) is 14.0. The molecule has 2 unspecified atom stereocenters. The van der Waals surface area contributed by atoms with Gasteiger partial charge in [0.1, 0.15) is 0 Å². The van der Waals surface area contributed by atoms with Crippen LogP contribution in [0.1, 0.15) is 12.1 Å². The highest BCUT2D eigenvalue weighted by Gasteiger charge is 2.34. The minimum Gasteiger partial charge on any atom is -0.364 e. The predicted octanol–water partition coefficient (Wildman–Crippen LogP) is 1.45. The van der Waals surface area contributed by atoms with Crippen LogP contribution in [0.4, 0.5) is 5.82 Å². The molecular weight excluding hydrogens is 200 g/mol. The van der Waals surface area contributed by atoms with Crippen molar-refractivity contribution in [3.05, 3.63) is 30.0 Å². The third-order valence-corrected chi connectivity index (χ3v) is 3.03. The molecule has 2 aromatic rings. The highest BCUT2D eigenvalue weighted by molar-refractivity contribution is 5.93. The molecule has 2 atom stereocenters. The molecule has 0 bridgehead atoms. The van der Waals surface area contributed by atoms with Gasteiger partial charge in [0.15, 0.2) is 5.82 Å². The van der Waals surface area contributed by atoms with Gasteiger partial charge in [-0.2, -0.15) is 5.10 Å². The van der Waals surface area contributed by atoms with E-state index in [0.717, 1.165) is 28.7 Å². The Hall–Kier alpha value is -1.68. The van der Waals surface area contributed by atoms with Crippen LogP contribution in [0.5, 0.6) is 0 Å². The second-order valence-corrected chi connectivity index (χ2v) is 4.33. The van der Waals surface area contributed by atoms with Crippen LogP contribution in [0.2, 0.25) is 0 Å². The van der Waals surface area contributed by atoms with Crippen molar-refractivity contribution < 1.29 is 0 Å². The molecule has 4 nitrogen and oxygen atoms in total. The van der Waals surface area contributed by atoms with Gasteiger partial charge in [0.2, 0.25) is 0 Å². The molecule has 16 heavy (non-hydrogen) atoms. The van der Waals surface area contributed by atoms with Gasteiger partial charge in [0.05, 0.1) is 5.69 Å². The quantitative estimate of drug-likeness (QED) is 0.794. The van der Waals surface area contributed by atoms with E-state index in [-0.39, 0.29) is 6.04 Å². The number of benzene rings is 1. The molecule has 1 aliphatic rings. The molecule has 1 saturated carbocycles. The van der Waals surface area contributed by atoms with E-state index in [0.29, 0.717) is 6.04 Å². The highest BCUT2D eigenvalue weighted by atomic mass is 15.2. The molecule has 3 N–H and O–H groups in total. The number of fused-ring (bicyclic) bond motifs is 1. The van der Waals surface area contributed by atoms with Crippen molar-refractivity contribution in [3.63, 3.8) is 0 Å². The molecule has 0 saturated heterocycles. The van der Waals surface area contributed by atoms with Crippen LogP contribution in [0.15, 0.2) is 24.3 Å². The molecular formula is C12H14N4. The van der Waals surface area contributed by atoms with Crippen LogP contribution in [0, 0.1) is 6.92 Å². The zero-order chi connectivity index (χ0) is 11.1. The second kappa shape index (κ2) is 3.42. The monoisotopic (exact) mass is 214 g/mol. The van der Waals surface area contributed by atoms with Gasteiger partial charge in [-0.25, -0.2) is 0 Å². The lowest BCUT2D eigenvalue weighted by atomic mass is 10.1. The average molecular weight is 214 g/mol. The van der Waals surface area contributed by atoms with Gasteiger partial charge >= 0.3 is 0 Å². The van der Waals surface area contributed by atoms with Crippen LogP contribution >= 0.6 is 0 Å². The van der Waals surface area contributed by atoms with Crippen LogP contribution in [0.25, 0.3) is 10.8 Å². The summed E-state index contributed by atoms with van der Waals surface area (Å²) in [4.78, 5) is 0. The van der Waals surface area contributed by atoms with E-state index in [2.05, 4.69) is 27.6 Å². The van der Waals surface area contributed by atoms with Crippen molar-refractivity contribution in [3.8, 4) is 0 Å². The summed E-state index contributed by atoms with van der Waals surface area (Å²) in [5.41, 5.74) is 6.74. The Morgan fingerprint density at radius 3 is 2.62 bits per heavy atom. The molecule has 1 heterocycles. The Kier molecular flexibility index (Phi) is 2.04. The molecule has 0 aliphatic heterocycles. The summed E-state index contributed by atoms with van der Waals surface area (Å²) < 4.78 is 0. The van der Waals surface area contributed by atoms with Gasteiger partial charge in [-0.3, -0.25) is 0 Å². The molecule has 3 rings (SSSR count). The summed E-state index contributed by atoms with van der Waals surface area (Å²) >= 11 is 0. The summed E-state index contributed by atoms with van der Waals surface area (Å²) in [6.07, 6.45) is 1.02. The normalized spacial score (nSPS) is 23.4. The topological polar surface area (TPSA) is 63.8 Å². The van der Waals surface area contributed by atoms with Gasteiger partial charge in [-0.15, -0.1) is 5.10 Å². The molecule has 4 heteroatoms. The number of anilines is 1. The fourth-order valence-corrected chi connectivity index (χ4v) is 1.90. The van der Waals surface area contributed by atoms with Crippen molar-refractivity contribution in [2.24, 2.45) is 5.73 Å². The molecule has 1 aromatic carbocycles. The number of hydrogen-bond donors (Lipinski definition) is 2. The third-order valence-electron chi connectivity index (χ3n) is 3.03. The van der Waals surface area contributed by atoms with Crippen LogP contribution < -0.4 is 11.1 Å². The zero-order valence-electron chi connectivity index (χ0n) is 9.14. The van der Waals surface area contributed by atoms with Crippen molar-refractivity contribution in [1.82, 2.24) is 10.2 Å². The summed E-state index contributed by atoms with van der Waals surface area (Å²) in [5.74, 6) is 0.846. The zero-order valence-corrected chi connectivity index (χ0v) is 9.14. The maximum absolute atomic E-state index is 5.78. The summed E-state index contributed by atoms with van der Waals surface area (Å²) in [6.45, 7) is 1.97. The van der Waals surface area contributed by atoms with Crippen LogP contribution in [0.3, 0.4) is 0 Å². The Morgan fingerprint density at radius 1 is 1.25 bits per heavy atom. The maximum atomic E-state index is 5.78. The standard InChI is InChI=1S/C12H14N4/c1-7-8-4-2-3-5-9(8)12(16-15-7)14-11-6-10(11)13/h2-5,10-11H,6,13H2,1H3,(H,14,16). The maximum Gasteiger partial charge on any atom is 0.156 e. The van der Waals surface area contributed by atoms with Gasteiger partial charge in [-0.1, -0.05) is 24.3 Å². The van der Waals surface area contributed by atoms with Crippen molar-refractivity contribution in [2.45, 2.75) is 25.4 Å². The predicted molar refractivity (Wildman–Crippen MR) is 64.3 cm³/mol. The molecule has 82 valence electrons. The van der Waals surface area contributed by atoms with E-state index in [9.17, 15) is 0 Å². The lowest BCUT2D eigenvalue weighted by Crippen LogP contribution is -2.14. The Labute approximate surface area is 93.9 Å². The lowest BCUT2D eigenvalue weighted by molar-refractivity contribution is 0.957. The molecule has 0 radical (unpaired) electrons. The van der Waals surface area contributed by atoms with Gasteiger partial charge in [0.25, 0.3) is 0 Å². The molecule has 0 spiro atoms. The van der Waals surface area contributed by atoms with E-state index in [1.807, 2.05) is 19.1 Å². The summed E-state index contributed by atoms with van der Waals surface area (Å²) in [7, 11) is 0. The Balaban J connectivity index is 2.07. The van der Waals surface area contributed by atoms with Crippen molar-refractivity contribution in [1.29, 1.82) is 0 Å². The first kappa shape index (κ1) is 9.54. The Morgan fingerprint density at radius 2 is 1.94 bits per heavy atom. The molecule has 1 aliphatic carbocycles. The van der Waals surface area contributed by atoms with E-state index >= 15 is 0 Å². The molecule has 0 amide bonds. The van der Waals surface area contributed by atoms with E-state index < -0.39 is 0 Å². The number of aryl methyl sites for hydroxylation is 1. The first-order valence-corrected chi connectivity index (χ1v) is 5.50. The minimum absolute atomic E-state index is 0.266. The number of rotatable bonds is 2.